The van der Waals surface area contributed by atoms with Crippen molar-refractivity contribution in [3.05, 3.63) is 41.0 Å². The minimum absolute atomic E-state index is 0.100. The number of quaternary nitrogens is 1. The van der Waals surface area contributed by atoms with E-state index < -0.39 is 0 Å². The lowest BCUT2D eigenvalue weighted by Gasteiger charge is -2.48. The van der Waals surface area contributed by atoms with Crippen LogP contribution in [-0.2, 0) is 5.54 Å². The first kappa shape index (κ1) is 12.1. The van der Waals surface area contributed by atoms with Crippen LogP contribution in [0, 0.1) is 13.8 Å². The van der Waals surface area contributed by atoms with Crippen molar-refractivity contribution in [1.29, 1.82) is 0 Å². The fraction of sp³-hybridized carbons (Fsp3) is 0.429. The highest BCUT2D eigenvalue weighted by atomic mass is 127. The van der Waals surface area contributed by atoms with Gasteiger partial charge in [-0.15, -0.1) is 0 Å². The van der Waals surface area contributed by atoms with E-state index >= 15 is 0 Å². The second-order valence-corrected chi connectivity index (χ2v) is 7.28. The quantitative estimate of drug-likeness (QED) is 0.479. The molecule has 0 bridgehead atoms. The number of nitrogens with zero attached hydrogens (tertiary/aromatic N) is 1. The summed E-state index contributed by atoms with van der Waals surface area (Å²) in [6.45, 7) is 13.3. The maximum absolute atomic E-state index is 4.31. The van der Waals surface area contributed by atoms with Gasteiger partial charge in [0.25, 0.3) is 0 Å². The Hall–Kier alpha value is -0.350. The third-order valence-corrected chi connectivity index (χ3v) is 5.87. The minimum atomic E-state index is 0.100. The number of rotatable bonds is 0. The van der Waals surface area contributed by atoms with Gasteiger partial charge in [-0.25, -0.2) is 0 Å². The van der Waals surface area contributed by atoms with Crippen LogP contribution >= 0.6 is 0 Å². The molecule has 1 atom stereocenters. The first-order chi connectivity index (χ1) is 7.21. The lowest BCUT2D eigenvalue weighted by atomic mass is 9.88. The summed E-state index contributed by atoms with van der Waals surface area (Å²) < 4.78 is 0.825. The van der Waals surface area contributed by atoms with Gasteiger partial charge in [-0.1, -0.05) is 12.1 Å². The molecule has 1 radical (unpaired) electrons. The maximum atomic E-state index is 4.31. The minimum Gasteiger partial charge on any atom is -0.465 e. The number of halogens is 1. The first-order valence-corrected chi connectivity index (χ1v) is 6.54. The van der Waals surface area contributed by atoms with Gasteiger partial charge in [-0.3, -0.25) is 0 Å². The Kier molecular flexibility index (Phi) is 2.52. The van der Waals surface area contributed by atoms with Crippen molar-refractivity contribution < 1.29 is 25.6 Å². The molecule has 1 heterocycles. The molecular weight excluding hydrogens is 309 g/mol. The summed E-state index contributed by atoms with van der Waals surface area (Å²) in [5, 5.41) is 0. The topological polar surface area (TPSA) is 0 Å². The van der Waals surface area contributed by atoms with Crippen LogP contribution in [-0.4, -0.2) is 9.74 Å². The van der Waals surface area contributed by atoms with Gasteiger partial charge in [0.15, 0.2) is 0 Å². The summed E-state index contributed by atoms with van der Waals surface area (Å²) in [5.74, 6) is 0. The van der Waals surface area contributed by atoms with Crippen LogP contribution in [0.2, 0.25) is 0 Å². The van der Waals surface area contributed by atoms with Gasteiger partial charge in [0.05, 0.1) is 7.05 Å². The van der Waals surface area contributed by atoms with E-state index in [0.29, 0.717) is 0 Å². The zero-order valence-corrected chi connectivity index (χ0v) is 12.8. The molecule has 0 saturated carbocycles. The Morgan fingerprint density at radius 3 is 2.19 bits per heavy atom. The monoisotopic (exact) mass is 328 g/mol. The van der Waals surface area contributed by atoms with Gasteiger partial charge in [0.2, 0.25) is 0 Å². The first-order valence-electron chi connectivity index (χ1n) is 5.58. The normalized spacial score (nSPS) is 27.0. The van der Waals surface area contributed by atoms with Gasteiger partial charge in [0, 0.05) is 11.1 Å². The van der Waals surface area contributed by atoms with Crippen LogP contribution in [0.25, 0.3) is 5.70 Å². The van der Waals surface area contributed by atoms with E-state index in [2.05, 4.69) is 76.3 Å². The smallest absolute Gasteiger partial charge is 0.112 e. The molecule has 0 amide bonds. The van der Waals surface area contributed by atoms with Crippen molar-refractivity contribution >= 4 is 5.70 Å². The second kappa shape index (κ2) is 3.33. The van der Waals surface area contributed by atoms with Crippen LogP contribution in [0.3, 0.4) is 0 Å². The van der Waals surface area contributed by atoms with Crippen molar-refractivity contribution in [2.75, 3.05) is 7.05 Å². The fourth-order valence-corrected chi connectivity index (χ4v) is 3.21. The average Bonchev–Trinajstić information content (AvgIpc) is 2.31. The number of aryl methyl sites for hydroxylation is 2. The largest absolute Gasteiger partial charge is 0.465 e. The summed E-state index contributed by atoms with van der Waals surface area (Å²) in [7, 11) is 2.24. The SMILES string of the molecule is C=C1c2c(C)ccc(C)c2C(C)(C)[N+]1(C)[I-]. The molecule has 1 aliphatic heterocycles. The van der Waals surface area contributed by atoms with Crippen molar-refractivity contribution in [2.24, 2.45) is 0 Å². The van der Waals surface area contributed by atoms with E-state index in [1.165, 1.54) is 28.0 Å². The molecule has 1 aliphatic rings. The Morgan fingerprint density at radius 1 is 1.19 bits per heavy atom. The fourth-order valence-electron chi connectivity index (χ4n) is 2.73. The molecule has 0 spiro atoms. The molecule has 0 aliphatic carbocycles. The zero-order valence-electron chi connectivity index (χ0n) is 10.7. The average molecular weight is 328 g/mol. The van der Waals surface area contributed by atoms with E-state index in [-0.39, 0.29) is 5.54 Å². The highest BCUT2D eigenvalue weighted by molar-refractivity contribution is 5.70. The molecule has 0 saturated heterocycles. The third-order valence-electron chi connectivity index (χ3n) is 4.08. The van der Waals surface area contributed by atoms with Crippen LogP contribution in [0.4, 0.5) is 0 Å². The summed E-state index contributed by atoms with van der Waals surface area (Å²) >= 11 is 2.50. The number of hydrogen-bond acceptors (Lipinski definition) is 0. The lowest BCUT2D eigenvalue weighted by Crippen LogP contribution is -3.46. The van der Waals surface area contributed by atoms with Crippen LogP contribution in [0.1, 0.15) is 36.1 Å². The molecular formula is C14H19IN. The molecule has 2 heteroatoms. The van der Waals surface area contributed by atoms with Gasteiger partial charge >= 0.3 is 0 Å². The van der Waals surface area contributed by atoms with Crippen molar-refractivity contribution in [3.8, 4) is 0 Å². The standard InChI is InChI=1S/C14H19IN/c1-9-7-8-10(2)13-12(9)11(3)16(6,15)14(13,4)5/h7-8H,3H2,1-2,4-6H3. The molecule has 1 unspecified atom stereocenters. The van der Waals surface area contributed by atoms with E-state index in [9.17, 15) is 0 Å². The Bertz CT molecular complexity index is 484. The zero-order chi connectivity index (χ0) is 12.3. The van der Waals surface area contributed by atoms with Crippen molar-refractivity contribution in [1.82, 2.24) is 0 Å². The van der Waals surface area contributed by atoms with Gasteiger partial charge in [-0.05, 0) is 45.4 Å². The summed E-state index contributed by atoms with van der Waals surface area (Å²) in [4.78, 5) is 0. The second-order valence-electron chi connectivity index (χ2n) is 5.35. The van der Waals surface area contributed by atoms with Crippen LogP contribution in [0.15, 0.2) is 18.7 Å². The molecule has 2 rings (SSSR count). The lowest BCUT2D eigenvalue weighted by molar-refractivity contribution is -1.28. The Morgan fingerprint density at radius 2 is 1.69 bits per heavy atom. The molecule has 1 aromatic carbocycles. The predicted molar refractivity (Wildman–Crippen MR) is 64.2 cm³/mol. The van der Waals surface area contributed by atoms with Crippen LogP contribution in [0.5, 0.6) is 0 Å². The van der Waals surface area contributed by atoms with E-state index in [4.69, 9.17) is 0 Å². The Labute approximate surface area is 112 Å². The molecule has 1 aromatic rings. The number of hydrogen-bond donors (Lipinski definition) is 0. The molecule has 0 N–H and O–H groups in total. The number of fused-ring (bicyclic) bond motifs is 1. The molecule has 16 heavy (non-hydrogen) atoms. The highest BCUT2D eigenvalue weighted by Crippen LogP contribution is 2.48. The van der Waals surface area contributed by atoms with E-state index in [1.807, 2.05) is 0 Å². The molecule has 87 valence electrons. The number of benzene rings is 1. The maximum Gasteiger partial charge on any atom is 0.112 e. The predicted octanol–water partition coefficient (Wildman–Crippen LogP) is 0.438. The molecule has 1 nitrogen and oxygen atoms in total. The summed E-state index contributed by atoms with van der Waals surface area (Å²) in [6, 6.07) is 4.43. The summed E-state index contributed by atoms with van der Waals surface area (Å²) in [6.07, 6.45) is 0. The van der Waals surface area contributed by atoms with E-state index in [1.54, 1.807) is 0 Å². The van der Waals surface area contributed by atoms with Gasteiger partial charge in [0.1, 0.15) is 11.2 Å². The molecule has 0 fully saturated rings. The van der Waals surface area contributed by atoms with Gasteiger partial charge < -0.3 is 25.6 Å². The van der Waals surface area contributed by atoms with Crippen molar-refractivity contribution in [2.45, 2.75) is 33.2 Å². The van der Waals surface area contributed by atoms with E-state index in [0.717, 1.165) is 2.70 Å². The van der Waals surface area contributed by atoms with Gasteiger partial charge in [-0.2, -0.15) is 0 Å². The third kappa shape index (κ3) is 1.26. The van der Waals surface area contributed by atoms with Crippen LogP contribution < -0.4 is 22.9 Å². The molecule has 0 aromatic heterocycles. The Balaban J connectivity index is 2.87. The summed E-state index contributed by atoms with van der Waals surface area (Å²) in [5.41, 5.74) is 6.89. The van der Waals surface area contributed by atoms with Crippen molar-refractivity contribution in [3.63, 3.8) is 0 Å². The highest BCUT2D eigenvalue weighted by Gasteiger charge is 2.46.